The standard InChI is InChI=1S/C14H19N3O/c1-10-6-12(7-15)8-16-14(10)17(3)9-13-4-5-18-11(13)2/h4-6,8H,7,9,15H2,1-3H3. The van der Waals surface area contributed by atoms with E-state index in [9.17, 15) is 0 Å². The second-order valence-corrected chi connectivity index (χ2v) is 4.55. The van der Waals surface area contributed by atoms with Crippen LogP contribution < -0.4 is 10.6 Å². The molecular weight excluding hydrogens is 226 g/mol. The quantitative estimate of drug-likeness (QED) is 0.898. The Morgan fingerprint density at radius 1 is 1.39 bits per heavy atom. The number of aromatic nitrogens is 1. The summed E-state index contributed by atoms with van der Waals surface area (Å²) in [7, 11) is 2.03. The monoisotopic (exact) mass is 245 g/mol. The molecule has 0 atom stereocenters. The van der Waals surface area contributed by atoms with E-state index in [1.54, 1.807) is 6.26 Å². The number of anilines is 1. The smallest absolute Gasteiger partial charge is 0.131 e. The summed E-state index contributed by atoms with van der Waals surface area (Å²) in [5.74, 6) is 1.94. The molecule has 4 nitrogen and oxygen atoms in total. The predicted octanol–water partition coefficient (Wildman–Crippen LogP) is 2.39. The first-order valence-corrected chi connectivity index (χ1v) is 6.01. The highest BCUT2D eigenvalue weighted by atomic mass is 16.3. The number of hydrogen-bond acceptors (Lipinski definition) is 4. The Morgan fingerprint density at radius 2 is 2.17 bits per heavy atom. The lowest BCUT2D eigenvalue weighted by atomic mass is 10.2. The van der Waals surface area contributed by atoms with E-state index in [-0.39, 0.29) is 0 Å². The van der Waals surface area contributed by atoms with Crippen molar-refractivity contribution in [1.29, 1.82) is 0 Å². The van der Waals surface area contributed by atoms with Crippen molar-refractivity contribution in [3.63, 3.8) is 0 Å². The summed E-state index contributed by atoms with van der Waals surface area (Å²) < 4.78 is 5.30. The minimum absolute atomic E-state index is 0.526. The first-order valence-electron chi connectivity index (χ1n) is 6.01. The number of rotatable bonds is 4. The Kier molecular flexibility index (Phi) is 3.67. The molecule has 0 aromatic carbocycles. The summed E-state index contributed by atoms with van der Waals surface area (Å²) in [5, 5.41) is 0. The Labute approximate surface area is 107 Å². The zero-order valence-electron chi connectivity index (χ0n) is 11.1. The lowest BCUT2D eigenvalue weighted by Crippen LogP contribution is -2.19. The van der Waals surface area contributed by atoms with Crippen molar-refractivity contribution in [3.05, 3.63) is 47.0 Å². The molecule has 0 fully saturated rings. The van der Waals surface area contributed by atoms with Crippen molar-refractivity contribution in [1.82, 2.24) is 4.98 Å². The van der Waals surface area contributed by atoms with Crippen LogP contribution in [0.5, 0.6) is 0 Å². The molecule has 0 spiro atoms. The lowest BCUT2D eigenvalue weighted by Gasteiger charge is -2.20. The molecule has 2 heterocycles. The average Bonchev–Trinajstić information content (AvgIpc) is 2.74. The normalized spacial score (nSPS) is 10.7. The summed E-state index contributed by atoms with van der Waals surface area (Å²) in [5.41, 5.74) is 8.99. The van der Waals surface area contributed by atoms with Gasteiger partial charge in [0.05, 0.1) is 6.26 Å². The maximum Gasteiger partial charge on any atom is 0.131 e. The SMILES string of the molecule is Cc1cc(CN)cnc1N(C)Cc1ccoc1C. The van der Waals surface area contributed by atoms with Gasteiger partial charge in [-0.3, -0.25) is 0 Å². The van der Waals surface area contributed by atoms with Crippen LogP contribution in [0.15, 0.2) is 29.0 Å². The maximum atomic E-state index is 5.61. The number of pyridine rings is 1. The molecular formula is C14H19N3O. The molecule has 2 N–H and O–H groups in total. The van der Waals surface area contributed by atoms with E-state index in [0.29, 0.717) is 6.54 Å². The van der Waals surface area contributed by atoms with Crippen LogP contribution in [-0.2, 0) is 13.1 Å². The van der Waals surface area contributed by atoms with Crippen LogP contribution in [0, 0.1) is 13.8 Å². The van der Waals surface area contributed by atoms with Gasteiger partial charge in [0.2, 0.25) is 0 Å². The van der Waals surface area contributed by atoms with Gasteiger partial charge in [0.1, 0.15) is 11.6 Å². The van der Waals surface area contributed by atoms with Gasteiger partial charge in [-0.25, -0.2) is 4.98 Å². The third-order valence-corrected chi connectivity index (χ3v) is 3.08. The van der Waals surface area contributed by atoms with Gasteiger partial charge in [0, 0.05) is 31.9 Å². The fourth-order valence-electron chi connectivity index (χ4n) is 2.04. The largest absolute Gasteiger partial charge is 0.469 e. The summed E-state index contributed by atoms with van der Waals surface area (Å²) >= 11 is 0. The van der Waals surface area contributed by atoms with Crippen LogP contribution in [0.3, 0.4) is 0 Å². The van der Waals surface area contributed by atoms with Gasteiger partial charge < -0.3 is 15.1 Å². The van der Waals surface area contributed by atoms with E-state index in [2.05, 4.69) is 22.9 Å². The van der Waals surface area contributed by atoms with Crippen LogP contribution in [0.25, 0.3) is 0 Å². The van der Waals surface area contributed by atoms with Crippen molar-refractivity contribution in [2.45, 2.75) is 26.9 Å². The molecule has 0 unspecified atom stereocenters. The molecule has 0 aliphatic rings. The zero-order valence-corrected chi connectivity index (χ0v) is 11.1. The molecule has 96 valence electrons. The number of hydrogen-bond donors (Lipinski definition) is 1. The minimum atomic E-state index is 0.526. The molecule has 4 heteroatoms. The van der Waals surface area contributed by atoms with Crippen LogP contribution in [0.1, 0.15) is 22.5 Å². The predicted molar refractivity (Wildman–Crippen MR) is 72.4 cm³/mol. The van der Waals surface area contributed by atoms with Gasteiger partial charge in [-0.2, -0.15) is 0 Å². The molecule has 0 aliphatic carbocycles. The van der Waals surface area contributed by atoms with Crippen LogP contribution in [-0.4, -0.2) is 12.0 Å². The van der Waals surface area contributed by atoms with Gasteiger partial charge >= 0.3 is 0 Å². The zero-order chi connectivity index (χ0) is 13.1. The highest BCUT2D eigenvalue weighted by Crippen LogP contribution is 2.20. The fourth-order valence-corrected chi connectivity index (χ4v) is 2.04. The van der Waals surface area contributed by atoms with Gasteiger partial charge in [-0.15, -0.1) is 0 Å². The molecule has 0 amide bonds. The Morgan fingerprint density at radius 3 is 2.72 bits per heavy atom. The number of nitrogens with two attached hydrogens (primary N) is 1. The second-order valence-electron chi connectivity index (χ2n) is 4.55. The summed E-state index contributed by atoms with van der Waals surface area (Å²) in [6.07, 6.45) is 3.55. The van der Waals surface area contributed by atoms with Gasteiger partial charge in [0.25, 0.3) is 0 Å². The van der Waals surface area contributed by atoms with E-state index < -0.39 is 0 Å². The van der Waals surface area contributed by atoms with Crippen LogP contribution >= 0.6 is 0 Å². The molecule has 0 saturated heterocycles. The van der Waals surface area contributed by atoms with Gasteiger partial charge in [-0.05, 0) is 37.1 Å². The Bertz CT molecular complexity index is 534. The van der Waals surface area contributed by atoms with Crippen molar-refractivity contribution < 1.29 is 4.42 Å². The third-order valence-electron chi connectivity index (χ3n) is 3.08. The summed E-state index contributed by atoms with van der Waals surface area (Å²) in [4.78, 5) is 6.59. The number of nitrogens with zero attached hydrogens (tertiary/aromatic N) is 2. The van der Waals surface area contributed by atoms with Gasteiger partial charge in [0.15, 0.2) is 0 Å². The number of furan rings is 1. The first kappa shape index (κ1) is 12.6. The van der Waals surface area contributed by atoms with E-state index in [0.717, 1.165) is 29.2 Å². The molecule has 2 rings (SSSR count). The summed E-state index contributed by atoms with van der Waals surface area (Å²) in [6, 6.07) is 4.08. The van der Waals surface area contributed by atoms with Crippen molar-refractivity contribution >= 4 is 5.82 Å². The van der Waals surface area contributed by atoms with E-state index in [1.807, 2.05) is 26.2 Å². The van der Waals surface area contributed by atoms with Gasteiger partial charge in [-0.1, -0.05) is 0 Å². The van der Waals surface area contributed by atoms with E-state index >= 15 is 0 Å². The van der Waals surface area contributed by atoms with Crippen molar-refractivity contribution in [2.75, 3.05) is 11.9 Å². The fraction of sp³-hybridized carbons (Fsp3) is 0.357. The Hall–Kier alpha value is -1.81. The second kappa shape index (κ2) is 5.23. The molecule has 2 aromatic heterocycles. The van der Waals surface area contributed by atoms with E-state index in [1.165, 1.54) is 5.56 Å². The van der Waals surface area contributed by atoms with Crippen LogP contribution in [0.4, 0.5) is 5.82 Å². The van der Waals surface area contributed by atoms with Crippen LogP contribution in [0.2, 0.25) is 0 Å². The van der Waals surface area contributed by atoms with E-state index in [4.69, 9.17) is 10.2 Å². The molecule has 0 saturated carbocycles. The van der Waals surface area contributed by atoms with Crippen molar-refractivity contribution in [2.24, 2.45) is 5.73 Å². The Balaban J connectivity index is 2.19. The topological polar surface area (TPSA) is 55.3 Å². The molecule has 18 heavy (non-hydrogen) atoms. The van der Waals surface area contributed by atoms with Crippen molar-refractivity contribution in [3.8, 4) is 0 Å². The third kappa shape index (κ3) is 2.54. The first-order chi connectivity index (χ1) is 8.61. The molecule has 0 radical (unpaired) electrons. The average molecular weight is 245 g/mol. The highest BCUT2D eigenvalue weighted by molar-refractivity contribution is 5.47. The highest BCUT2D eigenvalue weighted by Gasteiger charge is 2.10. The molecule has 0 aliphatic heterocycles. The molecule has 2 aromatic rings. The summed E-state index contributed by atoms with van der Waals surface area (Å²) in [6.45, 7) is 5.35. The molecule has 0 bridgehead atoms. The maximum absolute atomic E-state index is 5.61. The minimum Gasteiger partial charge on any atom is -0.469 e. The lowest BCUT2D eigenvalue weighted by molar-refractivity contribution is 0.529. The number of aryl methyl sites for hydroxylation is 2.